The number of carbonyl (C=O) groups excluding carboxylic acids is 1. The highest BCUT2D eigenvalue weighted by atomic mass is 19.1. The largest absolute Gasteiger partial charge is 0.480 e. The van der Waals surface area contributed by atoms with Crippen LogP contribution in [0.2, 0.25) is 0 Å². The van der Waals surface area contributed by atoms with Crippen molar-refractivity contribution in [3.8, 4) is 0 Å². The van der Waals surface area contributed by atoms with Crippen LogP contribution in [-0.2, 0) is 4.79 Å². The minimum absolute atomic E-state index is 0.103. The van der Waals surface area contributed by atoms with E-state index in [1.807, 2.05) is 0 Å². The molecule has 1 aromatic carbocycles. The highest BCUT2D eigenvalue weighted by molar-refractivity contribution is 5.97. The average Bonchev–Trinajstić information content (AvgIpc) is 2.37. The van der Waals surface area contributed by atoms with Gasteiger partial charge in [0.15, 0.2) is 0 Å². The monoisotopic (exact) mass is 287 g/mol. The van der Waals surface area contributed by atoms with E-state index in [2.05, 4.69) is 0 Å². The molecule has 20 heavy (non-hydrogen) atoms. The molecule has 1 heterocycles. The van der Waals surface area contributed by atoms with E-state index in [9.17, 15) is 22.8 Å². The molecule has 1 fully saturated rings. The number of aliphatic carboxylic acids is 1. The van der Waals surface area contributed by atoms with E-state index in [0.29, 0.717) is 25.0 Å². The van der Waals surface area contributed by atoms with Crippen molar-refractivity contribution in [3.63, 3.8) is 0 Å². The Kier molecular flexibility index (Phi) is 3.96. The number of carboxylic acids is 1. The Bertz CT molecular complexity index is 539. The highest BCUT2D eigenvalue weighted by Gasteiger charge is 2.34. The molecule has 7 heteroatoms. The van der Waals surface area contributed by atoms with E-state index in [1.165, 1.54) is 0 Å². The van der Waals surface area contributed by atoms with Crippen LogP contribution in [0.5, 0.6) is 0 Å². The van der Waals surface area contributed by atoms with Gasteiger partial charge < -0.3 is 10.0 Å². The summed E-state index contributed by atoms with van der Waals surface area (Å²) in [7, 11) is 0. The summed E-state index contributed by atoms with van der Waals surface area (Å²) in [6.07, 6.45) is 1.40. The zero-order valence-electron chi connectivity index (χ0n) is 10.4. The highest BCUT2D eigenvalue weighted by Crippen LogP contribution is 2.23. The molecular weight excluding hydrogens is 275 g/mol. The smallest absolute Gasteiger partial charge is 0.326 e. The molecule has 0 spiro atoms. The lowest BCUT2D eigenvalue weighted by atomic mass is 10.0. The van der Waals surface area contributed by atoms with Crippen LogP contribution in [0.3, 0.4) is 0 Å². The van der Waals surface area contributed by atoms with Crippen LogP contribution in [-0.4, -0.2) is 34.5 Å². The van der Waals surface area contributed by atoms with Gasteiger partial charge in [-0.3, -0.25) is 4.79 Å². The van der Waals surface area contributed by atoms with Gasteiger partial charge in [-0.25, -0.2) is 18.0 Å². The molecule has 1 aromatic rings. The summed E-state index contributed by atoms with van der Waals surface area (Å²) in [5.74, 6) is -6.08. The number of amides is 1. The Morgan fingerprint density at radius 1 is 1.15 bits per heavy atom. The van der Waals surface area contributed by atoms with Crippen LogP contribution in [0.1, 0.15) is 29.6 Å². The third-order valence-electron chi connectivity index (χ3n) is 3.27. The standard InChI is InChI=1S/C13H12F3NO3/c14-7-5-8(15)11(9(16)6-7)12(18)17-4-2-1-3-10(17)13(19)20/h5-6,10H,1-4H2,(H,19,20)/t10-/m0/s1. The number of rotatable bonds is 2. The van der Waals surface area contributed by atoms with Gasteiger partial charge in [-0.05, 0) is 19.3 Å². The van der Waals surface area contributed by atoms with Gasteiger partial charge in [0, 0.05) is 18.7 Å². The number of hydrogen-bond donors (Lipinski definition) is 1. The quantitative estimate of drug-likeness (QED) is 0.907. The minimum Gasteiger partial charge on any atom is -0.480 e. The number of nitrogens with zero attached hydrogens (tertiary/aromatic N) is 1. The fourth-order valence-electron chi connectivity index (χ4n) is 2.32. The minimum atomic E-state index is -1.33. The van der Waals surface area contributed by atoms with Crippen LogP contribution in [0.4, 0.5) is 13.2 Å². The maximum Gasteiger partial charge on any atom is 0.326 e. The molecule has 108 valence electrons. The number of carbonyl (C=O) groups is 2. The summed E-state index contributed by atoms with van der Waals surface area (Å²) in [4.78, 5) is 24.1. The van der Waals surface area contributed by atoms with E-state index >= 15 is 0 Å². The zero-order valence-corrected chi connectivity index (χ0v) is 10.4. The number of carboxylic acid groups (broad SMARTS) is 1. The van der Waals surface area contributed by atoms with E-state index in [4.69, 9.17) is 5.11 Å². The summed E-state index contributed by atoms with van der Waals surface area (Å²) in [6.45, 7) is 0.103. The molecule has 1 saturated heterocycles. The molecule has 0 unspecified atom stereocenters. The first-order valence-corrected chi connectivity index (χ1v) is 6.10. The third-order valence-corrected chi connectivity index (χ3v) is 3.27. The second-order valence-electron chi connectivity index (χ2n) is 4.59. The molecule has 0 saturated carbocycles. The number of likely N-dealkylation sites (tertiary alicyclic amines) is 1. The Morgan fingerprint density at radius 2 is 1.75 bits per heavy atom. The van der Waals surface area contributed by atoms with Gasteiger partial charge in [0.1, 0.15) is 29.1 Å². The molecule has 2 rings (SSSR count). The molecule has 0 bridgehead atoms. The first-order chi connectivity index (χ1) is 9.41. The third kappa shape index (κ3) is 2.61. The summed E-state index contributed by atoms with van der Waals surface area (Å²) < 4.78 is 40.0. The fraction of sp³-hybridized carbons (Fsp3) is 0.385. The zero-order chi connectivity index (χ0) is 14.9. The lowest BCUT2D eigenvalue weighted by Gasteiger charge is -2.33. The van der Waals surface area contributed by atoms with E-state index in [1.54, 1.807) is 0 Å². The van der Waals surface area contributed by atoms with Crippen LogP contribution in [0, 0.1) is 17.5 Å². The van der Waals surface area contributed by atoms with Crippen LogP contribution >= 0.6 is 0 Å². The second-order valence-corrected chi connectivity index (χ2v) is 4.59. The lowest BCUT2D eigenvalue weighted by Crippen LogP contribution is -2.48. The average molecular weight is 287 g/mol. The molecule has 1 N–H and O–H groups in total. The van der Waals surface area contributed by atoms with Gasteiger partial charge in [-0.2, -0.15) is 0 Å². The van der Waals surface area contributed by atoms with Crippen molar-refractivity contribution in [1.82, 2.24) is 4.90 Å². The van der Waals surface area contributed by atoms with Crippen molar-refractivity contribution >= 4 is 11.9 Å². The topological polar surface area (TPSA) is 57.6 Å². The van der Waals surface area contributed by atoms with Crippen LogP contribution in [0.15, 0.2) is 12.1 Å². The van der Waals surface area contributed by atoms with Gasteiger partial charge in [-0.15, -0.1) is 0 Å². The summed E-state index contributed by atoms with van der Waals surface area (Å²) >= 11 is 0. The Balaban J connectivity index is 2.37. The maximum atomic E-state index is 13.6. The normalized spacial score (nSPS) is 18.9. The molecule has 0 radical (unpaired) electrons. The van der Waals surface area contributed by atoms with E-state index in [-0.39, 0.29) is 13.0 Å². The van der Waals surface area contributed by atoms with Crippen molar-refractivity contribution < 1.29 is 27.9 Å². The van der Waals surface area contributed by atoms with Crippen LogP contribution < -0.4 is 0 Å². The first kappa shape index (κ1) is 14.4. The summed E-state index contributed by atoms with van der Waals surface area (Å²) in [5.41, 5.74) is -0.917. The van der Waals surface area contributed by atoms with Crippen molar-refractivity contribution in [1.29, 1.82) is 0 Å². The molecular formula is C13H12F3NO3. The van der Waals surface area contributed by atoms with Crippen LogP contribution in [0.25, 0.3) is 0 Å². The van der Waals surface area contributed by atoms with Gasteiger partial charge in [0.05, 0.1) is 0 Å². The van der Waals surface area contributed by atoms with Gasteiger partial charge in [0.2, 0.25) is 0 Å². The lowest BCUT2D eigenvalue weighted by molar-refractivity contribution is -0.143. The predicted octanol–water partition coefficient (Wildman–Crippen LogP) is 2.18. The molecule has 0 aliphatic carbocycles. The number of halogens is 3. The molecule has 1 aliphatic heterocycles. The van der Waals surface area contributed by atoms with Crippen molar-refractivity contribution in [3.05, 3.63) is 35.1 Å². The Labute approximate surface area is 112 Å². The molecule has 1 amide bonds. The van der Waals surface area contributed by atoms with Gasteiger partial charge >= 0.3 is 5.97 Å². The predicted molar refractivity (Wildman–Crippen MR) is 62.6 cm³/mol. The molecule has 4 nitrogen and oxygen atoms in total. The second kappa shape index (κ2) is 5.52. The number of piperidine rings is 1. The molecule has 1 aliphatic rings. The SMILES string of the molecule is O=C(O)[C@@H]1CCCCN1C(=O)c1c(F)cc(F)cc1F. The van der Waals surface area contributed by atoms with Crippen molar-refractivity contribution in [2.75, 3.05) is 6.54 Å². The Morgan fingerprint density at radius 3 is 2.30 bits per heavy atom. The summed E-state index contributed by atoms with van der Waals surface area (Å²) in [6, 6.07) is -0.313. The number of benzene rings is 1. The van der Waals surface area contributed by atoms with Crippen molar-refractivity contribution in [2.24, 2.45) is 0 Å². The van der Waals surface area contributed by atoms with Crippen molar-refractivity contribution in [2.45, 2.75) is 25.3 Å². The molecule has 1 atom stereocenters. The first-order valence-electron chi connectivity index (χ1n) is 6.10. The molecule has 0 aromatic heterocycles. The Hall–Kier alpha value is -2.05. The van der Waals surface area contributed by atoms with Gasteiger partial charge in [-0.1, -0.05) is 0 Å². The number of hydrogen-bond acceptors (Lipinski definition) is 2. The maximum absolute atomic E-state index is 13.6. The van der Waals surface area contributed by atoms with Gasteiger partial charge in [0.25, 0.3) is 5.91 Å². The van der Waals surface area contributed by atoms with E-state index < -0.39 is 40.9 Å². The summed E-state index contributed by atoms with van der Waals surface area (Å²) in [5, 5.41) is 9.05. The van der Waals surface area contributed by atoms with E-state index in [0.717, 1.165) is 4.90 Å². The fourth-order valence-corrected chi connectivity index (χ4v) is 2.32.